The second-order valence-corrected chi connectivity index (χ2v) is 4.37. The number of rotatable bonds is 3. The van der Waals surface area contributed by atoms with Crippen LogP contribution in [0.5, 0.6) is 0 Å². The largest absolute Gasteiger partial charge is 0.468 e. The van der Waals surface area contributed by atoms with Crippen molar-refractivity contribution in [2.45, 2.75) is 26.8 Å². The molecule has 6 heteroatoms. The number of hydrogen-bond acceptors (Lipinski definition) is 6. The molecule has 1 N–H and O–H groups in total. The predicted molar refractivity (Wildman–Crippen MR) is 73.1 cm³/mol. The van der Waals surface area contributed by atoms with E-state index < -0.39 is 12.0 Å². The van der Waals surface area contributed by atoms with Gasteiger partial charge in [-0.2, -0.15) is 0 Å². The number of aryl methyl sites for hydroxylation is 1. The summed E-state index contributed by atoms with van der Waals surface area (Å²) in [5, 5.41) is 2.93. The van der Waals surface area contributed by atoms with Gasteiger partial charge in [-0.3, -0.25) is 0 Å². The molecule has 1 atom stereocenters. The van der Waals surface area contributed by atoms with Crippen LogP contribution in [0.25, 0.3) is 0 Å². The van der Waals surface area contributed by atoms with Crippen molar-refractivity contribution in [2.75, 3.05) is 13.7 Å². The Balaban J connectivity index is 2.42. The van der Waals surface area contributed by atoms with Gasteiger partial charge in [0, 0.05) is 5.70 Å². The molecule has 0 saturated heterocycles. The van der Waals surface area contributed by atoms with Crippen molar-refractivity contribution in [3.8, 4) is 0 Å². The summed E-state index contributed by atoms with van der Waals surface area (Å²) >= 11 is 0. The van der Waals surface area contributed by atoms with Gasteiger partial charge < -0.3 is 19.2 Å². The van der Waals surface area contributed by atoms with Crippen molar-refractivity contribution in [3.63, 3.8) is 0 Å². The Morgan fingerprint density at radius 3 is 2.75 bits per heavy atom. The van der Waals surface area contributed by atoms with Crippen molar-refractivity contribution < 1.29 is 18.7 Å². The molecule has 1 aromatic heterocycles. The van der Waals surface area contributed by atoms with E-state index in [1.807, 2.05) is 13.0 Å². The van der Waals surface area contributed by atoms with E-state index in [0.717, 1.165) is 5.76 Å². The van der Waals surface area contributed by atoms with Gasteiger partial charge in [0.05, 0.1) is 19.3 Å². The summed E-state index contributed by atoms with van der Waals surface area (Å²) in [6.45, 7) is 5.69. The number of allylic oxidation sites excluding steroid dienone is 1. The summed E-state index contributed by atoms with van der Waals surface area (Å²) in [6.07, 6.45) is 0. The van der Waals surface area contributed by atoms with Crippen molar-refractivity contribution in [1.29, 1.82) is 0 Å². The number of carbonyl (C=O) groups excluding carboxylic acids is 1. The predicted octanol–water partition coefficient (Wildman–Crippen LogP) is 2.07. The highest BCUT2D eigenvalue weighted by Crippen LogP contribution is 2.32. The fourth-order valence-electron chi connectivity index (χ4n) is 2.03. The minimum atomic E-state index is -0.557. The van der Waals surface area contributed by atoms with Crippen LogP contribution in [0.1, 0.15) is 31.4 Å². The molecular weight excluding hydrogens is 260 g/mol. The molecule has 20 heavy (non-hydrogen) atoms. The van der Waals surface area contributed by atoms with Gasteiger partial charge in [0.2, 0.25) is 0 Å². The number of aliphatic imine (C=N–C) groups is 1. The summed E-state index contributed by atoms with van der Waals surface area (Å²) in [4.78, 5) is 16.5. The molecule has 0 saturated carbocycles. The molecule has 1 unspecified atom stereocenters. The summed E-state index contributed by atoms with van der Waals surface area (Å²) in [5.74, 6) is 0.935. The van der Waals surface area contributed by atoms with E-state index in [0.29, 0.717) is 29.7 Å². The number of ether oxygens (including phenoxy) is 2. The highest BCUT2D eigenvalue weighted by Gasteiger charge is 2.32. The monoisotopic (exact) mass is 278 g/mol. The number of hydrogen-bond donors (Lipinski definition) is 1. The molecule has 0 amide bonds. The molecule has 108 valence electrons. The second kappa shape index (κ2) is 5.81. The van der Waals surface area contributed by atoms with Crippen LogP contribution >= 0.6 is 0 Å². The lowest BCUT2D eigenvalue weighted by Crippen LogP contribution is -2.33. The molecular formula is C14H18N2O4. The average molecular weight is 278 g/mol. The first-order valence-corrected chi connectivity index (χ1v) is 6.39. The summed E-state index contributed by atoms with van der Waals surface area (Å²) in [6, 6.07) is 3.42. The number of carbonyl (C=O) groups is 1. The van der Waals surface area contributed by atoms with Crippen LogP contribution in [0.15, 0.2) is 32.8 Å². The fraction of sp³-hybridized carbons (Fsp3) is 0.429. The lowest BCUT2D eigenvalue weighted by atomic mass is 10.0. The van der Waals surface area contributed by atoms with E-state index >= 15 is 0 Å². The molecule has 6 nitrogen and oxygen atoms in total. The molecule has 0 radical (unpaired) electrons. The number of amidine groups is 1. The van der Waals surface area contributed by atoms with Gasteiger partial charge in [-0.25, -0.2) is 9.79 Å². The van der Waals surface area contributed by atoms with Gasteiger partial charge >= 0.3 is 5.97 Å². The molecule has 2 heterocycles. The third-order valence-electron chi connectivity index (χ3n) is 2.94. The summed E-state index contributed by atoms with van der Waals surface area (Å²) in [5.41, 5.74) is 1.08. The second-order valence-electron chi connectivity index (χ2n) is 4.37. The van der Waals surface area contributed by atoms with Crippen molar-refractivity contribution in [3.05, 3.63) is 34.9 Å². The van der Waals surface area contributed by atoms with Gasteiger partial charge in [0.25, 0.3) is 6.02 Å². The third-order valence-corrected chi connectivity index (χ3v) is 2.94. The van der Waals surface area contributed by atoms with Crippen LogP contribution in [0, 0.1) is 6.92 Å². The number of esters is 1. The van der Waals surface area contributed by atoms with Crippen LogP contribution in [0.4, 0.5) is 0 Å². The molecule has 2 rings (SSSR count). The zero-order valence-electron chi connectivity index (χ0n) is 12.0. The van der Waals surface area contributed by atoms with Gasteiger partial charge in [-0.15, -0.1) is 0 Å². The number of nitrogens with one attached hydrogen (secondary N) is 1. The average Bonchev–Trinajstić information content (AvgIpc) is 2.84. The molecule has 0 spiro atoms. The summed E-state index contributed by atoms with van der Waals surface area (Å²) < 4.78 is 15.8. The van der Waals surface area contributed by atoms with Crippen molar-refractivity contribution in [1.82, 2.24) is 5.32 Å². The highest BCUT2D eigenvalue weighted by atomic mass is 16.5. The van der Waals surface area contributed by atoms with E-state index in [-0.39, 0.29) is 0 Å². The van der Waals surface area contributed by atoms with Crippen LogP contribution in [-0.2, 0) is 14.3 Å². The molecule has 1 aliphatic rings. The van der Waals surface area contributed by atoms with Gasteiger partial charge in [0.1, 0.15) is 17.6 Å². The first-order valence-electron chi connectivity index (χ1n) is 6.39. The lowest BCUT2D eigenvalue weighted by molar-refractivity contribution is -0.139. The number of furan rings is 1. The molecule has 0 fully saturated rings. The SMILES string of the molecule is CCOC(=O)C1=C(C)NC(OC)=NC1c1ccc(C)o1. The maximum atomic E-state index is 12.1. The quantitative estimate of drug-likeness (QED) is 0.857. The van der Waals surface area contributed by atoms with E-state index in [4.69, 9.17) is 13.9 Å². The molecule has 0 aromatic carbocycles. The first-order chi connectivity index (χ1) is 9.56. The van der Waals surface area contributed by atoms with Gasteiger partial charge in [-0.05, 0) is 32.9 Å². The summed E-state index contributed by atoms with van der Waals surface area (Å²) in [7, 11) is 1.51. The zero-order chi connectivity index (χ0) is 14.7. The Labute approximate surface area is 117 Å². The van der Waals surface area contributed by atoms with Gasteiger partial charge in [0.15, 0.2) is 0 Å². The van der Waals surface area contributed by atoms with Crippen LogP contribution in [-0.4, -0.2) is 25.7 Å². The van der Waals surface area contributed by atoms with E-state index in [1.165, 1.54) is 7.11 Å². The Morgan fingerprint density at radius 2 is 2.20 bits per heavy atom. The van der Waals surface area contributed by atoms with Gasteiger partial charge in [-0.1, -0.05) is 0 Å². The van der Waals surface area contributed by atoms with E-state index in [2.05, 4.69) is 10.3 Å². The number of methoxy groups -OCH3 is 1. The van der Waals surface area contributed by atoms with E-state index in [9.17, 15) is 4.79 Å². The Bertz CT molecular complexity index is 571. The lowest BCUT2D eigenvalue weighted by Gasteiger charge is -2.23. The fourth-order valence-corrected chi connectivity index (χ4v) is 2.03. The molecule has 1 aliphatic heterocycles. The topological polar surface area (TPSA) is 73.1 Å². The van der Waals surface area contributed by atoms with Crippen molar-refractivity contribution >= 4 is 12.0 Å². The normalized spacial score (nSPS) is 18.4. The highest BCUT2D eigenvalue weighted by molar-refractivity contribution is 5.94. The standard InChI is InChI=1S/C14H18N2O4/c1-5-19-13(17)11-9(3)15-14(18-4)16-12(11)10-7-6-8(2)20-10/h6-7,12H,5H2,1-4H3,(H,15,16). The molecule has 0 aliphatic carbocycles. The maximum Gasteiger partial charge on any atom is 0.338 e. The Hall–Kier alpha value is -2.24. The van der Waals surface area contributed by atoms with Crippen LogP contribution < -0.4 is 5.32 Å². The third kappa shape index (κ3) is 2.68. The van der Waals surface area contributed by atoms with E-state index in [1.54, 1.807) is 19.9 Å². The minimum absolute atomic E-state index is 0.306. The Kier molecular flexibility index (Phi) is 4.12. The first kappa shape index (κ1) is 14.2. The van der Waals surface area contributed by atoms with Crippen molar-refractivity contribution in [2.24, 2.45) is 4.99 Å². The Morgan fingerprint density at radius 1 is 1.45 bits per heavy atom. The van der Waals surface area contributed by atoms with Crippen LogP contribution in [0.3, 0.4) is 0 Å². The smallest absolute Gasteiger partial charge is 0.338 e. The molecule has 0 bridgehead atoms. The minimum Gasteiger partial charge on any atom is -0.468 e. The zero-order valence-corrected chi connectivity index (χ0v) is 12.0. The number of nitrogens with zero attached hydrogens (tertiary/aromatic N) is 1. The molecule has 1 aromatic rings. The van der Waals surface area contributed by atoms with Crippen LogP contribution in [0.2, 0.25) is 0 Å². The maximum absolute atomic E-state index is 12.1.